The van der Waals surface area contributed by atoms with Gasteiger partial charge in [-0.1, -0.05) is 0 Å². The first-order valence-electron chi connectivity index (χ1n) is 9.50. The molecule has 0 unspecified atom stereocenters. The van der Waals surface area contributed by atoms with Crippen molar-refractivity contribution >= 4 is 11.6 Å². The van der Waals surface area contributed by atoms with Crippen LogP contribution in [0.5, 0.6) is 11.5 Å². The predicted octanol–water partition coefficient (Wildman–Crippen LogP) is 3.48. The second-order valence-electron chi connectivity index (χ2n) is 7.42. The van der Waals surface area contributed by atoms with E-state index in [2.05, 4.69) is 9.88 Å². The number of aromatic nitrogens is 1. The lowest BCUT2D eigenvalue weighted by Crippen LogP contribution is -2.42. The molecule has 0 fully saturated rings. The third kappa shape index (κ3) is 3.44. The van der Waals surface area contributed by atoms with Crippen molar-refractivity contribution in [2.75, 3.05) is 20.8 Å². The van der Waals surface area contributed by atoms with Gasteiger partial charge in [0.25, 0.3) is 0 Å². The predicted molar refractivity (Wildman–Crippen MR) is 108 cm³/mol. The van der Waals surface area contributed by atoms with Gasteiger partial charge in [-0.05, 0) is 62.9 Å². The Morgan fingerprint density at radius 2 is 1.71 bits per heavy atom. The Kier molecular flexibility index (Phi) is 5.61. The summed E-state index contributed by atoms with van der Waals surface area (Å²) >= 11 is 0. The van der Waals surface area contributed by atoms with Crippen LogP contribution in [0.3, 0.4) is 0 Å². The Hall–Kier alpha value is -2.60. The van der Waals surface area contributed by atoms with Gasteiger partial charge in [0.2, 0.25) is 0 Å². The Bertz CT molecular complexity index is 929. The van der Waals surface area contributed by atoms with E-state index in [9.17, 15) is 9.59 Å². The van der Waals surface area contributed by atoms with Crippen LogP contribution >= 0.6 is 0 Å². The molecule has 0 amide bonds. The fraction of sp³-hybridized carbons (Fsp3) is 0.455. The van der Waals surface area contributed by atoms with Crippen molar-refractivity contribution in [3.05, 3.63) is 45.8 Å². The Labute approximate surface area is 165 Å². The highest BCUT2D eigenvalue weighted by Gasteiger charge is 2.30. The number of methoxy groups -OCH3 is 2. The van der Waals surface area contributed by atoms with E-state index in [-0.39, 0.29) is 17.6 Å². The van der Waals surface area contributed by atoms with E-state index in [1.807, 2.05) is 32.9 Å². The van der Waals surface area contributed by atoms with Gasteiger partial charge in [-0.25, -0.2) is 0 Å². The molecule has 1 N–H and O–H groups in total. The first kappa shape index (κ1) is 20.1. The topological polar surface area (TPSA) is 71.6 Å². The van der Waals surface area contributed by atoms with E-state index in [1.54, 1.807) is 14.2 Å². The van der Waals surface area contributed by atoms with Crippen molar-refractivity contribution in [1.82, 2.24) is 9.88 Å². The van der Waals surface area contributed by atoms with Crippen LogP contribution in [0.2, 0.25) is 0 Å². The van der Waals surface area contributed by atoms with Crippen LogP contribution in [0.4, 0.5) is 0 Å². The molecular weight excluding hydrogens is 356 g/mol. The fourth-order valence-corrected chi connectivity index (χ4v) is 4.13. The highest BCUT2D eigenvalue weighted by Crippen LogP contribution is 2.34. The molecule has 1 atom stereocenters. The number of nitrogens with zero attached hydrogens (tertiary/aromatic N) is 1. The van der Waals surface area contributed by atoms with Gasteiger partial charge in [-0.2, -0.15) is 0 Å². The molecule has 1 aromatic carbocycles. The van der Waals surface area contributed by atoms with Crippen LogP contribution < -0.4 is 9.47 Å². The van der Waals surface area contributed by atoms with Crippen LogP contribution in [0, 0.1) is 13.8 Å². The van der Waals surface area contributed by atoms with Crippen LogP contribution in [-0.4, -0.2) is 48.3 Å². The average Bonchev–Trinajstić information content (AvgIpc) is 2.99. The van der Waals surface area contributed by atoms with Crippen molar-refractivity contribution < 1.29 is 19.1 Å². The third-order valence-electron chi connectivity index (χ3n) is 5.71. The van der Waals surface area contributed by atoms with Gasteiger partial charge in [0.1, 0.15) is 0 Å². The Morgan fingerprint density at radius 3 is 2.25 bits per heavy atom. The molecule has 0 saturated carbocycles. The molecule has 2 heterocycles. The number of carbonyl (C=O) groups excluding carboxylic acids is 2. The lowest BCUT2D eigenvalue weighted by Gasteiger charge is -2.33. The first-order valence-corrected chi connectivity index (χ1v) is 9.50. The lowest BCUT2D eigenvalue weighted by molar-refractivity contribution is 0.0814. The molecular formula is C22H28N2O4. The van der Waals surface area contributed by atoms with E-state index in [0.29, 0.717) is 23.6 Å². The number of H-pyrrole nitrogens is 1. The molecule has 1 aliphatic heterocycles. The van der Waals surface area contributed by atoms with Gasteiger partial charge in [0.15, 0.2) is 23.1 Å². The molecule has 1 aromatic heterocycles. The van der Waals surface area contributed by atoms with Crippen LogP contribution in [0.15, 0.2) is 12.1 Å². The van der Waals surface area contributed by atoms with E-state index in [0.717, 1.165) is 35.5 Å². The van der Waals surface area contributed by atoms with Crippen molar-refractivity contribution in [2.45, 2.75) is 46.7 Å². The molecule has 2 aromatic rings. The summed E-state index contributed by atoms with van der Waals surface area (Å²) in [4.78, 5) is 30.3. The summed E-state index contributed by atoms with van der Waals surface area (Å²) in [6.45, 7) is 8.58. The fourth-order valence-electron chi connectivity index (χ4n) is 4.13. The zero-order valence-corrected chi connectivity index (χ0v) is 17.4. The summed E-state index contributed by atoms with van der Waals surface area (Å²) in [5.41, 5.74) is 5.02. The van der Waals surface area contributed by atoms with Gasteiger partial charge >= 0.3 is 0 Å². The number of hydrogen-bond acceptors (Lipinski definition) is 5. The van der Waals surface area contributed by atoms with Crippen LogP contribution in [0.1, 0.15) is 57.1 Å². The number of ketones is 2. The molecule has 6 nitrogen and oxygen atoms in total. The normalized spacial score (nSPS) is 15.1. The van der Waals surface area contributed by atoms with Crippen molar-refractivity contribution in [2.24, 2.45) is 0 Å². The SMILES string of the molecule is COc1cc2c(cc1OC)CN([C@@H](C)C(=O)c1[nH]c(C)c(C(C)=O)c1C)CC2. The van der Waals surface area contributed by atoms with Crippen molar-refractivity contribution in [3.63, 3.8) is 0 Å². The minimum absolute atomic E-state index is 0.0111. The van der Waals surface area contributed by atoms with Gasteiger partial charge in [0.05, 0.1) is 26.0 Å². The van der Waals surface area contributed by atoms with Gasteiger partial charge in [-0.3, -0.25) is 14.5 Å². The molecule has 0 aliphatic carbocycles. The number of carbonyl (C=O) groups is 2. The van der Waals surface area contributed by atoms with Crippen LogP contribution in [0.25, 0.3) is 0 Å². The maximum Gasteiger partial charge on any atom is 0.196 e. The van der Waals surface area contributed by atoms with E-state index < -0.39 is 0 Å². The van der Waals surface area contributed by atoms with Crippen molar-refractivity contribution in [1.29, 1.82) is 0 Å². The molecule has 1 aliphatic rings. The second-order valence-corrected chi connectivity index (χ2v) is 7.42. The number of benzene rings is 1. The van der Waals surface area contributed by atoms with E-state index in [4.69, 9.17) is 9.47 Å². The maximum atomic E-state index is 13.2. The number of Topliss-reactive ketones (excluding diaryl/α,β-unsaturated/α-hetero) is 2. The largest absolute Gasteiger partial charge is 0.493 e. The summed E-state index contributed by atoms with van der Waals surface area (Å²) in [5.74, 6) is 1.42. The monoisotopic (exact) mass is 384 g/mol. The number of ether oxygens (including phenoxy) is 2. The second kappa shape index (κ2) is 7.80. The Balaban J connectivity index is 1.85. The minimum atomic E-state index is -0.294. The molecule has 0 bridgehead atoms. The van der Waals surface area contributed by atoms with E-state index >= 15 is 0 Å². The maximum absolute atomic E-state index is 13.2. The zero-order chi connectivity index (χ0) is 20.6. The standard InChI is InChI=1S/C22H28N2O4/c1-12-20(15(4)25)13(2)23-21(12)22(26)14(3)24-8-7-16-9-18(27-5)19(28-6)10-17(16)11-24/h9-10,14,23H,7-8,11H2,1-6H3/t14-/m0/s1. The van der Waals surface area contributed by atoms with Crippen molar-refractivity contribution in [3.8, 4) is 11.5 Å². The number of aromatic amines is 1. The zero-order valence-electron chi connectivity index (χ0n) is 17.4. The first-order chi connectivity index (χ1) is 13.3. The Morgan fingerprint density at radius 1 is 1.11 bits per heavy atom. The minimum Gasteiger partial charge on any atom is -0.493 e. The summed E-state index contributed by atoms with van der Waals surface area (Å²) in [5, 5.41) is 0. The van der Waals surface area contributed by atoms with Gasteiger partial charge in [-0.15, -0.1) is 0 Å². The highest BCUT2D eigenvalue weighted by atomic mass is 16.5. The number of hydrogen-bond donors (Lipinski definition) is 1. The third-order valence-corrected chi connectivity index (χ3v) is 5.71. The number of rotatable bonds is 6. The van der Waals surface area contributed by atoms with Gasteiger partial charge in [0, 0.05) is 24.3 Å². The van der Waals surface area contributed by atoms with E-state index in [1.165, 1.54) is 12.5 Å². The van der Waals surface area contributed by atoms with Gasteiger partial charge < -0.3 is 14.5 Å². The lowest BCUT2D eigenvalue weighted by atomic mass is 9.96. The molecule has 0 radical (unpaired) electrons. The number of fused-ring (bicyclic) bond motifs is 1. The molecule has 28 heavy (non-hydrogen) atoms. The summed E-state index contributed by atoms with van der Waals surface area (Å²) in [6, 6.07) is 3.73. The molecule has 3 rings (SSSR count). The number of nitrogens with one attached hydrogen (secondary N) is 1. The quantitative estimate of drug-likeness (QED) is 0.772. The molecule has 0 spiro atoms. The number of aryl methyl sites for hydroxylation is 1. The highest BCUT2D eigenvalue weighted by molar-refractivity contribution is 6.05. The molecule has 0 saturated heterocycles. The average molecular weight is 384 g/mol. The molecule has 6 heteroatoms. The van der Waals surface area contributed by atoms with Crippen LogP contribution in [-0.2, 0) is 13.0 Å². The smallest absolute Gasteiger partial charge is 0.196 e. The summed E-state index contributed by atoms with van der Waals surface area (Å²) in [6.07, 6.45) is 0.842. The summed E-state index contributed by atoms with van der Waals surface area (Å²) < 4.78 is 10.8. The summed E-state index contributed by atoms with van der Waals surface area (Å²) in [7, 11) is 3.26. The molecule has 150 valence electrons.